The van der Waals surface area contributed by atoms with E-state index in [1.165, 1.54) is 0 Å². The fourth-order valence-electron chi connectivity index (χ4n) is 2.36. The Labute approximate surface area is 126 Å². The average molecular weight is 288 g/mol. The molecule has 0 aliphatic heterocycles. The van der Waals surface area contributed by atoms with Gasteiger partial charge in [0.1, 0.15) is 0 Å². The molecule has 2 aromatic rings. The van der Waals surface area contributed by atoms with Crippen LogP contribution in [0.15, 0.2) is 36.7 Å². The number of aliphatic hydroxyl groups is 1. The van der Waals surface area contributed by atoms with E-state index in [1.54, 1.807) is 0 Å². The number of nitrogens with zero attached hydrogens (tertiary/aromatic N) is 3. The van der Waals surface area contributed by atoms with Crippen LogP contribution >= 0.6 is 0 Å². The van der Waals surface area contributed by atoms with Crippen LogP contribution in [0.5, 0.6) is 0 Å². The third kappa shape index (κ3) is 3.98. The summed E-state index contributed by atoms with van der Waals surface area (Å²) >= 11 is 0. The molecule has 0 aliphatic carbocycles. The SMILES string of the molecule is CCN(CCO)c1ccc(NC(C)c2cnn(C)c2)cc1. The van der Waals surface area contributed by atoms with Crippen molar-refractivity contribution in [2.75, 3.05) is 29.9 Å². The molecule has 5 nitrogen and oxygen atoms in total. The molecule has 1 heterocycles. The Hall–Kier alpha value is -2.01. The van der Waals surface area contributed by atoms with E-state index >= 15 is 0 Å². The van der Waals surface area contributed by atoms with E-state index in [0.717, 1.165) is 23.5 Å². The number of benzene rings is 1. The fourth-order valence-corrected chi connectivity index (χ4v) is 2.36. The lowest BCUT2D eigenvalue weighted by atomic mass is 10.1. The lowest BCUT2D eigenvalue weighted by Gasteiger charge is -2.22. The first-order chi connectivity index (χ1) is 10.1. The number of aryl methyl sites for hydroxylation is 1. The maximum absolute atomic E-state index is 9.07. The first kappa shape index (κ1) is 15.4. The van der Waals surface area contributed by atoms with E-state index < -0.39 is 0 Å². The number of likely N-dealkylation sites (N-methyl/N-ethyl adjacent to an activating group) is 1. The van der Waals surface area contributed by atoms with E-state index in [1.807, 2.05) is 24.1 Å². The second-order valence-corrected chi connectivity index (χ2v) is 5.16. The van der Waals surface area contributed by atoms with Gasteiger partial charge in [0.25, 0.3) is 0 Å². The highest BCUT2D eigenvalue weighted by Gasteiger charge is 2.08. The van der Waals surface area contributed by atoms with Gasteiger partial charge in [-0.2, -0.15) is 5.10 Å². The summed E-state index contributed by atoms with van der Waals surface area (Å²) in [7, 11) is 1.92. The van der Waals surface area contributed by atoms with Crippen molar-refractivity contribution in [3.8, 4) is 0 Å². The molecule has 0 aliphatic rings. The molecule has 114 valence electrons. The van der Waals surface area contributed by atoms with E-state index in [4.69, 9.17) is 5.11 Å². The molecular formula is C16H24N4O. The van der Waals surface area contributed by atoms with E-state index in [2.05, 4.69) is 53.4 Å². The van der Waals surface area contributed by atoms with Gasteiger partial charge >= 0.3 is 0 Å². The Morgan fingerprint density at radius 2 is 2.05 bits per heavy atom. The molecule has 2 rings (SSSR count). The minimum absolute atomic E-state index is 0.173. The zero-order valence-electron chi connectivity index (χ0n) is 13.0. The number of aliphatic hydroxyl groups excluding tert-OH is 1. The summed E-state index contributed by atoms with van der Waals surface area (Å²) in [5.41, 5.74) is 3.37. The minimum atomic E-state index is 0.173. The summed E-state index contributed by atoms with van der Waals surface area (Å²) in [4.78, 5) is 2.15. The zero-order chi connectivity index (χ0) is 15.2. The summed E-state index contributed by atoms with van der Waals surface area (Å²) < 4.78 is 1.81. The fraction of sp³-hybridized carbons (Fsp3) is 0.438. The highest BCUT2D eigenvalue weighted by atomic mass is 16.3. The minimum Gasteiger partial charge on any atom is -0.395 e. The highest BCUT2D eigenvalue weighted by Crippen LogP contribution is 2.22. The van der Waals surface area contributed by atoms with Crippen molar-refractivity contribution >= 4 is 11.4 Å². The number of hydrogen-bond donors (Lipinski definition) is 2. The topological polar surface area (TPSA) is 53.3 Å². The van der Waals surface area contributed by atoms with Crippen LogP contribution in [0.2, 0.25) is 0 Å². The normalized spacial score (nSPS) is 12.2. The van der Waals surface area contributed by atoms with Crippen molar-refractivity contribution < 1.29 is 5.11 Å². The smallest absolute Gasteiger partial charge is 0.0606 e. The van der Waals surface area contributed by atoms with Crippen LogP contribution in [0.1, 0.15) is 25.5 Å². The number of anilines is 2. The first-order valence-corrected chi connectivity index (χ1v) is 7.35. The maximum Gasteiger partial charge on any atom is 0.0606 e. The van der Waals surface area contributed by atoms with Crippen LogP contribution in [-0.2, 0) is 7.05 Å². The predicted molar refractivity (Wildman–Crippen MR) is 86.7 cm³/mol. The Morgan fingerprint density at radius 1 is 1.33 bits per heavy atom. The summed E-state index contributed by atoms with van der Waals surface area (Å²) in [6.07, 6.45) is 3.90. The molecule has 2 N–H and O–H groups in total. The number of aromatic nitrogens is 2. The van der Waals surface area contributed by atoms with Gasteiger partial charge < -0.3 is 15.3 Å². The Bertz CT molecular complexity index is 550. The molecule has 0 saturated heterocycles. The molecule has 21 heavy (non-hydrogen) atoms. The Morgan fingerprint density at radius 3 is 2.57 bits per heavy atom. The molecule has 1 unspecified atom stereocenters. The van der Waals surface area contributed by atoms with Gasteiger partial charge in [0.05, 0.1) is 18.8 Å². The van der Waals surface area contributed by atoms with Crippen LogP contribution in [0.3, 0.4) is 0 Å². The third-order valence-corrected chi connectivity index (χ3v) is 3.59. The summed E-state index contributed by atoms with van der Waals surface area (Å²) in [6, 6.07) is 8.52. The molecule has 0 radical (unpaired) electrons. The second kappa shape index (κ2) is 7.13. The molecule has 0 bridgehead atoms. The monoisotopic (exact) mass is 288 g/mol. The van der Waals surface area contributed by atoms with Crippen LogP contribution in [-0.4, -0.2) is 34.6 Å². The predicted octanol–water partition coefficient (Wildman–Crippen LogP) is 2.41. The maximum atomic E-state index is 9.07. The third-order valence-electron chi connectivity index (χ3n) is 3.59. The molecule has 1 atom stereocenters. The largest absolute Gasteiger partial charge is 0.395 e. The van der Waals surface area contributed by atoms with E-state index in [9.17, 15) is 0 Å². The lowest BCUT2D eigenvalue weighted by molar-refractivity contribution is 0.302. The molecule has 0 amide bonds. The van der Waals surface area contributed by atoms with Crippen molar-refractivity contribution in [3.63, 3.8) is 0 Å². The van der Waals surface area contributed by atoms with Crippen molar-refractivity contribution in [1.82, 2.24) is 9.78 Å². The van der Waals surface area contributed by atoms with Gasteiger partial charge in [0, 0.05) is 43.3 Å². The number of rotatable bonds is 7. The second-order valence-electron chi connectivity index (χ2n) is 5.16. The number of nitrogens with one attached hydrogen (secondary N) is 1. The van der Waals surface area contributed by atoms with E-state index in [0.29, 0.717) is 6.54 Å². The standard InChI is InChI=1S/C16H24N4O/c1-4-20(9-10-21)16-7-5-15(6-8-16)18-13(2)14-11-17-19(3)12-14/h5-8,11-13,18,21H,4,9-10H2,1-3H3. The Kier molecular flexibility index (Phi) is 5.22. The van der Waals surface area contributed by atoms with Crippen molar-refractivity contribution in [2.45, 2.75) is 19.9 Å². The molecule has 1 aromatic heterocycles. The number of hydrogen-bond acceptors (Lipinski definition) is 4. The summed E-state index contributed by atoms with van der Waals surface area (Å²) in [5.74, 6) is 0. The summed E-state index contributed by atoms with van der Waals surface area (Å²) in [6.45, 7) is 5.93. The van der Waals surface area contributed by atoms with Gasteiger partial charge in [-0.25, -0.2) is 0 Å². The first-order valence-electron chi connectivity index (χ1n) is 7.35. The van der Waals surface area contributed by atoms with Gasteiger partial charge in [-0.05, 0) is 38.1 Å². The molecule has 5 heteroatoms. The molecular weight excluding hydrogens is 264 g/mol. The molecule has 0 fully saturated rings. The summed E-state index contributed by atoms with van der Waals surface area (Å²) in [5, 5.41) is 16.7. The molecule has 1 aromatic carbocycles. The lowest BCUT2D eigenvalue weighted by Crippen LogP contribution is -2.25. The molecule has 0 spiro atoms. The van der Waals surface area contributed by atoms with Crippen LogP contribution < -0.4 is 10.2 Å². The van der Waals surface area contributed by atoms with Crippen LogP contribution in [0, 0.1) is 0 Å². The van der Waals surface area contributed by atoms with Gasteiger partial charge in [0.15, 0.2) is 0 Å². The van der Waals surface area contributed by atoms with Crippen molar-refractivity contribution in [1.29, 1.82) is 0 Å². The van der Waals surface area contributed by atoms with Crippen LogP contribution in [0.25, 0.3) is 0 Å². The van der Waals surface area contributed by atoms with Gasteiger partial charge in [0.2, 0.25) is 0 Å². The van der Waals surface area contributed by atoms with Crippen molar-refractivity contribution in [3.05, 3.63) is 42.2 Å². The highest BCUT2D eigenvalue weighted by molar-refractivity contribution is 5.55. The average Bonchev–Trinajstić information content (AvgIpc) is 2.92. The Balaban J connectivity index is 2.02. The van der Waals surface area contributed by atoms with Gasteiger partial charge in [-0.3, -0.25) is 4.68 Å². The van der Waals surface area contributed by atoms with Gasteiger partial charge in [-0.1, -0.05) is 0 Å². The van der Waals surface area contributed by atoms with Crippen molar-refractivity contribution in [2.24, 2.45) is 7.05 Å². The van der Waals surface area contributed by atoms with E-state index in [-0.39, 0.29) is 12.6 Å². The van der Waals surface area contributed by atoms with Crippen LogP contribution in [0.4, 0.5) is 11.4 Å². The van der Waals surface area contributed by atoms with Gasteiger partial charge in [-0.15, -0.1) is 0 Å². The molecule has 0 saturated carbocycles. The quantitative estimate of drug-likeness (QED) is 0.821. The zero-order valence-corrected chi connectivity index (χ0v) is 13.0.